The predicted molar refractivity (Wildman–Crippen MR) is 45.3 cm³/mol. The van der Waals surface area contributed by atoms with Gasteiger partial charge in [0.05, 0.1) is 7.11 Å². The van der Waals surface area contributed by atoms with Crippen LogP contribution in [0.15, 0.2) is 23.1 Å². The van der Waals surface area contributed by atoms with Crippen LogP contribution >= 0.6 is 24.2 Å². The molecular weight excluding hydrogens is 168 g/mol. The third-order valence-electron chi connectivity index (χ3n) is 1.14. The molecule has 0 fully saturated rings. The highest BCUT2D eigenvalue weighted by atomic mass is 35.5. The van der Waals surface area contributed by atoms with Gasteiger partial charge < -0.3 is 4.74 Å². The van der Waals surface area contributed by atoms with Crippen LogP contribution in [0, 0.1) is 0 Å². The Labute approximate surface area is 70.4 Å². The zero-order valence-corrected chi connectivity index (χ0v) is 7.12. The first-order valence-electron chi connectivity index (χ1n) is 2.76. The Morgan fingerprint density at radius 1 is 1.50 bits per heavy atom. The molecule has 0 aliphatic heterocycles. The van der Waals surface area contributed by atoms with Gasteiger partial charge in [0.2, 0.25) is 0 Å². The van der Waals surface area contributed by atoms with E-state index in [2.05, 4.69) is 12.6 Å². The molecule has 0 unspecified atom stereocenters. The van der Waals surface area contributed by atoms with Crippen molar-refractivity contribution in [2.24, 2.45) is 0 Å². The van der Waals surface area contributed by atoms with Gasteiger partial charge >= 0.3 is 0 Å². The molecule has 1 aromatic rings. The Morgan fingerprint density at radius 3 is 2.70 bits per heavy atom. The van der Waals surface area contributed by atoms with E-state index >= 15 is 0 Å². The monoisotopic (exact) mass is 174 g/mol. The largest absolute Gasteiger partial charge is 0.496 e. The number of hydrogen-bond acceptors (Lipinski definition) is 2. The van der Waals surface area contributed by atoms with Gasteiger partial charge in [0.1, 0.15) is 5.75 Å². The van der Waals surface area contributed by atoms with Crippen LogP contribution in [0.4, 0.5) is 0 Å². The molecule has 0 atom stereocenters. The Kier molecular flexibility index (Phi) is 2.46. The summed E-state index contributed by atoms with van der Waals surface area (Å²) < 4.78 is 4.96. The maximum Gasteiger partial charge on any atom is 0.132 e. The molecule has 3 heteroatoms. The van der Waals surface area contributed by atoms with Crippen molar-refractivity contribution in [1.82, 2.24) is 0 Å². The van der Waals surface area contributed by atoms with Crippen LogP contribution < -0.4 is 4.74 Å². The first-order chi connectivity index (χ1) is 4.74. The standard InChI is InChI=1S/C7H7ClOS/c1-9-6-3-2-5(8)4-7(6)10/h2-4,10H,1H3. The second-order valence-electron chi connectivity index (χ2n) is 1.82. The molecule has 54 valence electrons. The molecule has 0 radical (unpaired) electrons. The Balaban J connectivity index is 3.07. The number of ether oxygens (including phenoxy) is 1. The summed E-state index contributed by atoms with van der Waals surface area (Å²) in [4.78, 5) is 0.759. The lowest BCUT2D eigenvalue weighted by molar-refractivity contribution is 0.405. The molecule has 1 rings (SSSR count). The van der Waals surface area contributed by atoms with Crippen LogP contribution in [0.5, 0.6) is 5.75 Å². The Bertz CT molecular complexity index is 237. The molecule has 0 aliphatic rings. The maximum atomic E-state index is 5.67. The van der Waals surface area contributed by atoms with E-state index in [-0.39, 0.29) is 0 Å². The molecule has 0 amide bonds. The van der Waals surface area contributed by atoms with Crippen LogP contribution in [0.25, 0.3) is 0 Å². The van der Waals surface area contributed by atoms with E-state index < -0.39 is 0 Å². The van der Waals surface area contributed by atoms with E-state index in [4.69, 9.17) is 16.3 Å². The summed E-state index contributed by atoms with van der Waals surface area (Å²) in [6, 6.07) is 5.29. The highest BCUT2D eigenvalue weighted by Crippen LogP contribution is 2.24. The minimum Gasteiger partial charge on any atom is -0.496 e. The molecule has 0 saturated carbocycles. The van der Waals surface area contributed by atoms with E-state index in [0.717, 1.165) is 10.6 Å². The SMILES string of the molecule is COc1ccc(Cl)cc1S. The molecule has 0 bridgehead atoms. The lowest BCUT2D eigenvalue weighted by Gasteiger charge is -2.01. The minimum atomic E-state index is 0.672. The molecular formula is C7H7ClOS. The van der Waals surface area contributed by atoms with E-state index in [0.29, 0.717) is 5.02 Å². The van der Waals surface area contributed by atoms with Crippen LogP contribution in [0.1, 0.15) is 0 Å². The van der Waals surface area contributed by atoms with Gasteiger partial charge in [-0.2, -0.15) is 0 Å². The van der Waals surface area contributed by atoms with Crippen LogP contribution in [-0.4, -0.2) is 7.11 Å². The van der Waals surface area contributed by atoms with Crippen molar-refractivity contribution < 1.29 is 4.74 Å². The van der Waals surface area contributed by atoms with E-state index in [9.17, 15) is 0 Å². The summed E-state index contributed by atoms with van der Waals surface area (Å²) in [6.07, 6.45) is 0. The average Bonchev–Trinajstić information content (AvgIpc) is 1.88. The highest BCUT2D eigenvalue weighted by Gasteiger charge is 1.96. The van der Waals surface area contributed by atoms with Crippen molar-refractivity contribution >= 4 is 24.2 Å². The van der Waals surface area contributed by atoms with Crippen molar-refractivity contribution in [1.29, 1.82) is 0 Å². The Hall–Kier alpha value is -0.340. The third kappa shape index (κ3) is 1.58. The lowest BCUT2D eigenvalue weighted by Crippen LogP contribution is -1.82. The minimum absolute atomic E-state index is 0.672. The first-order valence-corrected chi connectivity index (χ1v) is 3.59. The summed E-state index contributed by atoms with van der Waals surface area (Å²) in [5.74, 6) is 0.743. The molecule has 1 aromatic carbocycles. The average molecular weight is 175 g/mol. The zero-order chi connectivity index (χ0) is 7.56. The summed E-state index contributed by atoms with van der Waals surface area (Å²) in [7, 11) is 1.60. The Morgan fingerprint density at radius 2 is 2.20 bits per heavy atom. The number of methoxy groups -OCH3 is 1. The molecule has 0 heterocycles. The number of rotatable bonds is 1. The number of thiol groups is 1. The molecule has 10 heavy (non-hydrogen) atoms. The summed E-state index contributed by atoms with van der Waals surface area (Å²) in [5, 5.41) is 0.672. The topological polar surface area (TPSA) is 9.23 Å². The predicted octanol–water partition coefficient (Wildman–Crippen LogP) is 2.64. The van der Waals surface area contributed by atoms with Crippen LogP contribution in [-0.2, 0) is 0 Å². The van der Waals surface area contributed by atoms with Crippen molar-refractivity contribution in [2.75, 3.05) is 7.11 Å². The summed E-state index contributed by atoms with van der Waals surface area (Å²) in [6.45, 7) is 0. The second-order valence-corrected chi connectivity index (χ2v) is 2.73. The summed E-state index contributed by atoms with van der Waals surface area (Å²) >= 11 is 9.81. The maximum absolute atomic E-state index is 5.67. The van der Waals surface area contributed by atoms with E-state index in [1.165, 1.54) is 0 Å². The van der Waals surface area contributed by atoms with Gasteiger partial charge in [-0.3, -0.25) is 0 Å². The van der Waals surface area contributed by atoms with Gasteiger partial charge in [-0.1, -0.05) is 11.6 Å². The van der Waals surface area contributed by atoms with Crippen molar-refractivity contribution in [3.05, 3.63) is 23.2 Å². The number of hydrogen-bond donors (Lipinski definition) is 1. The van der Waals surface area contributed by atoms with E-state index in [1.54, 1.807) is 25.3 Å². The molecule has 1 nitrogen and oxygen atoms in total. The number of benzene rings is 1. The molecule has 0 spiro atoms. The fraction of sp³-hybridized carbons (Fsp3) is 0.143. The highest BCUT2D eigenvalue weighted by molar-refractivity contribution is 7.80. The lowest BCUT2D eigenvalue weighted by atomic mass is 10.3. The van der Waals surface area contributed by atoms with Crippen LogP contribution in [0.3, 0.4) is 0 Å². The van der Waals surface area contributed by atoms with Gasteiger partial charge in [0.25, 0.3) is 0 Å². The van der Waals surface area contributed by atoms with Crippen molar-refractivity contribution in [3.63, 3.8) is 0 Å². The van der Waals surface area contributed by atoms with Crippen LogP contribution in [0.2, 0.25) is 5.02 Å². The van der Waals surface area contributed by atoms with E-state index in [1.807, 2.05) is 0 Å². The fourth-order valence-corrected chi connectivity index (χ4v) is 1.22. The molecule has 0 aliphatic carbocycles. The fourth-order valence-electron chi connectivity index (χ4n) is 0.663. The quantitative estimate of drug-likeness (QED) is 0.644. The first kappa shape index (κ1) is 7.76. The van der Waals surface area contributed by atoms with Gasteiger partial charge in [0, 0.05) is 9.92 Å². The van der Waals surface area contributed by atoms with Gasteiger partial charge in [-0.05, 0) is 18.2 Å². The molecule has 0 N–H and O–H groups in total. The summed E-state index contributed by atoms with van der Waals surface area (Å²) in [5.41, 5.74) is 0. The van der Waals surface area contributed by atoms with Crippen molar-refractivity contribution in [3.8, 4) is 5.75 Å². The molecule has 0 aromatic heterocycles. The van der Waals surface area contributed by atoms with Gasteiger partial charge in [-0.15, -0.1) is 12.6 Å². The third-order valence-corrected chi connectivity index (χ3v) is 1.73. The normalized spacial score (nSPS) is 9.50. The second kappa shape index (κ2) is 3.17. The number of halogens is 1. The molecule has 0 saturated heterocycles. The van der Waals surface area contributed by atoms with Crippen molar-refractivity contribution in [2.45, 2.75) is 4.90 Å². The van der Waals surface area contributed by atoms with Gasteiger partial charge in [0.15, 0.2) is 0 Å². The zero-order valence-electron chi connectivity index (χ0n) is 5.47. The van der Waals surface area contributed by atoms with Gasteiger partial charge in [-0.25, -0.2) is 0 Å². The smallest absolute Gasteiger partial charge is 0.132 e.